The standard InChI is InChI=1S/C19H26N2O/c1-2-3-9-18(22)21-14-12-19(16-20,13-15-21)11-10-17-7-5-4-6-8-17/h4-8H,2-3,9-15H2,1H3. The molecule has 0 atom stereocenters. The number of likely N-dealkylation sites (tertiary alicyclic amines) is 1. The van der Waals surface area contributed by atoms with Gasteiger partial charge in [0.25, 0.3) is 0 Å². The van der Waals surface area contributed by atoms with Gasteiger partial charge in [-0.05, 0) is 37.7 Å². The Labute approximate surface area is 133 Å². The Morgan fingerprint density at radius 2 is 1.95 bits per heavy atom. The van der Waals surface area contributed by atoms with E-state index in [4.69, 9.17) is 0 Å². The number of rotatable bonds is 6. The lowest BCUT2D eigenvalue weighted by atomic mass is 9.75. The molecule has 0 unspecified atom stereocenters. The molecule has 1 heterocycles. The lowest BCUT2D eigenvalue weighted by Crippen LogP contribution is -2.42. The zero-order valence-electron chi connectivity index (χ0n) is 13.6. The van der Waals surface area contributed by atoms with Gasteiger partial charge in [0.2, 0.25) is 5.91 Å². The van der Waals surface area contributed by atoms with Crippen molar-refractivity contribution < 1.29 is 4.79 Å². The van der Waals surface area contributed by atoms with Crippen LogP contribution in [0.2, 0.25) is 0 Å². The van der Waals surface area contributed by atoms with Crippen molar-refractivity contribution in [3.63, 3.8) is 0 Å². The van der Waals surface area contributed by atoms with E-state index in [-0.39, 0.29) is 11.3 Å². The molecule has 3 nitrogen and oxygen atoms in total. The van der Waals surface area contributed by atoms with Gasteiger partial charge in [0.05, 0.1) is 11.5 Å². The number of hydrogen-bond acceptors (Lipinski definition) is 2. The number of carbonyl (C=O) groups excluding carboxylic acids is 1. The Kier molecular flexibility index (Phi) is 6.00. The van der Waals surface area contributed by atoms with Gasteiger partial charge in [-0.1, -0.05) is 43.7 Å². The van der Waals surface area contributed by atoms with E-state index in [9.17, 15) is 10.1 Å². The number of aryl methyl sites for hydroxylation is 1. The van der Waals surface area contributed by atoms with Crippen LogP contribution in [0, 0.1) is 16.7 Å². The van der Waals surface area contributed by atoms with Crippen LogP contribution in [0.25, 0.3) is 0 Å². The minimum atomic E-state index is -0.253. The molecular formula is C19H26N2O. The Hall–Kier alpha value is -1.82. The number of piperidine rings is 1. The quantitative estimate of drug-likeness (QED) is 0.798. The van der Waals surface area contributed by atoms with Crippen LogP contribution >= 0.6 is 0 Å². The highest BCUT2D eigenvalue weighted by Gasteiger charge is 2.35. The summed E-state index contributed by atoms with van der Waals surface area (Å²) < 4.78 is 0. The second kappa shape index (κ2) is 7.98. The summed E-state index contributed by atoms with van der Waals surface area (Å²) in [6.45, 7) is 3.59. The molecule has 22 heavy (non-hydrogen) atoms. The topological polar surface area (TPSA) is 44.1 Å². The summed E-state index contributed by atoms with van der Waals surface area (Å²) in [7, 11) is 0. The molecule has 1 fully saturated rings. The summed E-state index contributed by atoms with van der Waals surface area (Å²) >= 11 is 0. The SMILES string of the molecule is CCCCC(=O)N1CCC(C#N)(CCc2ccccc2)CC1. The molecular weight excluding hydrogens is 272 g/mol. The maximum atomic E-state index is 12.1. The summed E-state index contributed by atoms with van der Waals surface area (Å²) in [6.07, 6.45) is 6.14. The molecule has 0 radical (unpaired) electrons. The van der Waals surface area contributed by atoms with E-state index >= 15 is 0 Å². The maximum Gasteiger partial charge on any atom is 0.222 e. The minimum absolute atomic E-state index is 0.253. The first-order valence-electron chi connectivity index (χ1n) is 8.42. The molecule has 0 saturated carbocycles. The molecule has 0 N–H and O–H groups in total. The summed E-state index contributed by atoms with van der Waals surface area (Å²) in [5, 5.41) is 9.63. The van der Waals surface area contributed by atoms with Gasteiger partial charge < -0.3 is 4.90 Å². The Balaban J connectivity index is 1.86. The van der Waals surface area contributed by atoms with Crippen molar-refractivity contribution in [2.75, 3.05) is 13.1 Å². The molecule has 1 aromatic carbocycles. The molecule has 0 aromatic heterocycles. The fourth-order valence-corrected chi connectivity index (χ4v) is 3.12. The number of benzene rings is 1. The smallest absolute Gasteiger partial charge is 0.222 e. The molecule has 0 spiro atoms. The van der Waals surface area contributed by atoms with E-state index in [1.165, 1.54) is 5.56 Å². The second-order valence-corrected chi connectivity index (χ2v) is 6.36. The van der Waals surface area contributed by atoms with Crippen molar-refractivity contribution >= 4 is 5.91 Å². The average Bonchev–Trinajstić information content (AvgIpc) is 2.59. The van der Waals surface area contributed by atoms with Crippen LogP contribution in [-0.2, 0) is 11.2 Å². The number of hydrogen-bond donors (Lipinski definition) is 0. The van der Waals surface area contributed by atoms with Gasteiger partial charge in [-0.25, -0.2) is 0 Å². The zero-order valence-corrected chi connectivity index (χ0v) is 13.6. The number of amides is 1. The van der Waals surface area contributed by atoms with E-state index in [1.807, 2.05) is 23.1 Å². The first-order valence-corrected chi connectivity index (χ1v) is 8.42. The number of nitrogens with zero attached hydrogens (tertiary/aromatic N) is 2. The predicted molar refractivity (Wildman–Crippen MR) is 88.1 cm³/mol. The third-order valence-electron chi connectivity index (χ3n) is 4.79. The molecule has 1 amide bonds. The Morgan fingerprint density at radius 1 is 1.27 bits per heavy atom. The minimum Gasteiger partial charge on any atom is -0.343 e. The first-order chi connectivity index (χ1) is 10.7. The van der Waals surface area contributed by atoms with Crippen molar-refractivity contribution in [3.05, 3.63) is 35.9 Å². The van der Waals surface area contributed by atoms with Crippen molar-refractivity contribution in [3.8, 4) is 6.07 Å². The van der Waals surface area contributed by atoms with E-state index in [2.05, 4.69) is 25.1 Å². The Bertz CT molecular complexity index is 510. The molecule has 2 rings (SSSR count). The average molecular weight is 298 g/mol. The van der Waals surface area contributed by atoms with Crippen LogP contribution in [0.4, 0.5) is 0 Å². The van der Waals surface area contributed by atoms with Crippen LogP contribution in [-0.4, -0.2) is 23.9 Å². The third kappa shape index (κ3) is 4.34. The Morgan fingerprint density at radius 3 is 2.55 bits per heavy atom. The molecule has 0 bridgehead atoms. The largest absolute Gasteiger partial charge is 0.343 e. The highest BCUT2D eigenvalue weighted by molar-refractivity contribution is 5.76. The van der Waals surface area contributed by atoms with E-state index in [0.29, 0.717) is 6.42 Å². The lowest BCUT2D eigenvalue weighted by Gasteiger charge is -2.37. The number of unbranched alkanes of at least 4 members (excludes halogenated alkanes) is 1. The highest BCUT2D eigenvalue weighted by atomic mass is 16.2. The third-order valence-corrected chi connectivity index (χ3v) is 4.79. The summed E-state index contributed by atoms with van der Waals surface area (Å²) in [4.78, 5) is 14.0. The molecule has 118 valence electrons. The van der Waals surface area contributed by atoms with E-state index < -0.39 is 0 Å². The van der Waals surface area contributed by atoms with Crippen LogP contribution in [0.5, 0.6) is 0 Å². The second-order valence-electron chi connectivity index (χ2n) is 6.36. The molecule has 1 aliphatic heterocycles. The normalized spacial score (nSPS) is 17.0. The van der Waals surface area contributed by atoms with Gasteiger partial charge >= 0.3 is 0 Å². The summed E-state index contributed by atoms with van der Waals surface area (Å²) in [5.74, 6) is 0.261. The molecule has 3 heteroatoms. The molecule has 1 aliphatic rings. The fourth-order valence-electron chi connectivity index (χ4n) is 3.12. The summed E-state index contributed by atoms with van der Waals surface area (Å²) in [6, 6.07) is 12.9. The molecule has 1 saturated heterocycles. The molecule has 1 aromatic rings. The van der Waals surface area contributed by atoms with Crippen LogP contribution < -0.4 is 0 Å². The van der Waals surface area contributed by atoms with Crippen molar-refractivity contribution in [2.45, 2.75) is 51.9 Å². The van der Waals surface area contributed by atoms with Gasteiger partial charge in [-0.3, -0.25) is 4.79 Å². The number of nitriles is 1. The van der Waals surface area contributed by atoms with Crippen LogP contribution in [0.1, 0.15) is 51.0 Å². The summed E-state index contributed by atoms with van der Waals surface area (Å²) in [5.41, 5.74) is 1.04. The fraction of sp³-hybridized carbons (Fsp3) is 0.579. The predicted octanol–water partition coefficient (Wildman–Crippen LogP) is 3.94. The van der Waals surface area contributed by atoms with Gasteiger partial charge in [0.15, 0.2) is 0 Å². The van der Waals surface area contributed by atoms with Crippen LogP contribution in [0.3, 0.4) is 0 Å². The van der Waals surface area contributed by atoms with Crippen molar-refractivity contribution in [1.82, 2.24) is 4.90 Å². The zero-order chi connectivity index (χ0) is 15.8. The number of carbonyl (C=O) groups is 1. The van der Waals surface area contributed by atoms with Crippen molar-refractivity contribution in [1.29, 1.82) is 5.26 Å². The van der Waals surface area contributed by atoms with Gasteiger partial charge in [0.1, 0.15) is 0 Å². The van der Waals surface area contributed by atoms with E-state index in [1.54, 1.807) is 0 Å². The molecule has 0 aliphatic carbocycles. The monoisotopic (exact) mass is 298 g/mol. The lowest BCUT2D eigenvalue weighted by molar-refractivity contribution is -0.133. The van der Waals surface area contributed by atoms with E-state index in [0.717, 1.165) is 51.6 Å². The van der Waals surface area contributed by atoms with Gasteiger partial charge in [-0.2, -0.15) is 5.26 Å². The van der Waals surface area contributed by atoms with Crippen LogP contribution in [0.15, 0.2) is 30.3 Å². The van der Waals surface area contributed by atoms with Gasteiger partial charge in [-0.15, -0.1) is 0 Å². The first kappa shape index (κ1) is 16.5. The highest BCUT2D eigenvalue weighted by Crippen LogP contribution is 2.35. The van der Waals surface area contributed by atoms with Gasteiger partial charge in [0, 0.05) is 19.5 Å². The van der Waals surface area contributed by atoms with Crippen molar-refractivity contribution in [2.24, 2.45) is 5.41 Å². The maximum absolute atomic E-state index is 12.1.